The van der Waals surface area contributed by atoms with Gasteiger partial charge in [-0.15, -0.1) is 0 Å². The van der Waals surface area contributed by atoms with Gasteiger partial charge < -0.3 is 4.74 Å². The monoisotopic (exact) mass is 408 g/mol. The molecule has 4 nitrogen and oxygen atoms in total. The summed E-state index contributed by atoms with van der Waals surface area (Å²) in [5, 5.41) is 4.01. The minimum atomic E-state index is -0.265. The number of hydrogen-bond acceptors (Lipinski definition) is 3. The van der Waals surface area contributed by atoms with Gasteiger partial charge in [0.1, 0.15) is 12.4 Å². The highest BCUT2D eigenvalue weighted by Crippen LogP contribution is 2.14. The minimum Gasteiger partial charge on any atom is -0.489 e. The molecule has 0 fully saturated rings. The molecule has 0 aromatic heterocycles. The number of rotatable bonds is 6. The zero-order chi connectivity index (χ0) is 18.2. The molecule has 0 aliphatic rings. The number of benzene rings is 3. The van der Waals surface area contributed by atoms with Crippen LogP contribution < -0.4 is 10.2 Å². The molecule has 0 spiro atoms. The normalized spacial score (nSPS) is 10.7. The first-order chi connectivity index (χ1) is 12.7. The van der Waals surface area contributed by atoms with Gasteiger partial charge in [-0.25, -0.2) is 5.43 Å². The van der Waals surface area contributed by atoms with Gasteiger partial charge in [-0.3, -0.25) is 4.79 Å². The Balaban J connectivity index is 1.57. The lowest BCUT2D eigenvalue weighted by atomic mass is 10.2. The quantitative estimate of drug-likeness (QED) is 0.470. The van der Waals surface area contributed by atoms with E-state index in [1.165, 1.54) is 0 Å². The lowest BCUT2D eigenvalue weighted by Crippen LogP contribution is -2.17. The van der Waals surface area contributed by atoms with Gasteiger partial charge in [0.05, 0.1) is 6.21 Å². The van der Waals surface area contributed by atoms with E-state index in [-0.39, 0.29) is 5.91 Å². The summed E-state index contributed by atoms with van der Waals surface area (Å²) in [7, 11) is 0. The number of hydrazone groups is 1. The Kier molecular flexibility index (Phi) is 6.17. The highest BCUT2D eigenvalue weighted by atomic mass is 79.9. The SMILES string of the molecule is O=C(N/N=C\c1cccc(OCc2ccccc2)c1)c1cccc(Br)c1. The Bertz CT molecular complexity index is 911. The molecule has 3 aromatic carbocycles. The van der Waals surface area contributed by atoms with E-state index >= 15 is 0 Å². The van der Waals surface area contributed by atoms with E-state index in [0.29, 0.717) is 12.2 Å². The highest BCUT2D eigenvalue weighted by Gasteiger charge is 2.03. The number of nitrogens with one attached hydrogen (secondary N) is 1. The van der Waals surface area contributed by atoms with Crippen LogP contribution in [0.2, 0.25) is 0 Å². The summed E-state index contributed by atoms with van der Waals surface area (Å²) in [4.78, 5) is 12.0. The molecule has 0 aliphatic heterocycles. The van der Waals surface area contributed by atoms with Gasteiger partial charge in [-0.05, 0) is 41.5 Å². The van der Waals surface area contributed by atoms with Gasteiger partial charge in [0.15, 0.2) is 0 Å². The molecule has 1 amide bonds. The van der Waals surface area contributed by atoms with Gasteiger partial charge in [-0.2, -0.15) is 5.10 Å². The smallest absolute Gasteiger partial charge is 0.271 e. The van der Waals surface area contributed by atoms with Crippen LogP contribution in [-0.2, 0) is 6.61 Å². The van der Waals surface area contributed by atoms with Crippen LogP contribution in [0.1, 0.15) is 21.5 Å². The van der Waals surface area contributed by atoms with Crippen molar-refractivity contribution in [2.75, 3.05) is 0 Å². The lowest BCUT2D eigenvalue weighted by Gasteiger charge is -2.06. The van der Waals surface area contributed by atoms with Gasteiger partial charge >= 0.3 is 0 Å². The second kappa shape index (κ2) is 8.97. The molecule has 3 rings (SSSR count). The second-order valence-corrected chi connectivity index (χ2v) is 6.47. The average Bonchev–Trinajstić information content (AvgIpc) is 2.67. The number of amides is 1. The second-order valence-electron chi connectivity index (χ2n) is 5.56. The summed E-state index contributed by atoms with van der Waals surface area (Å²) < 4.78 is 6.63. The van der Waals surface area contributed by atoms with Crippen LogP contribution in [0.3, 0.4) is 0 Å². The van der Waals surface area contributed by atoms with Crippen LogP contribution >= 0.6 is 15.9 Å². The van der Waals surface area contributed by atoms with Crippen LogP contribution in [0.5, 0.6) is 5.75 Å². The molecular formula is C21H17BrN2O2. The fourth-order valence-electron chi connectivity index (χ4n) is 2.29. The Labute approximate surface area is 160 Å². The van der Waals surface area contributed by atoms with Gasteiger partial charge in [-0.1, -0.05) is 64.5 Å². The average molecular weight is 409 g/mol. The fourth-order valence-corrected chi connectivity index (χ4v) is 2.68. The third kappa shape index (κ3) is 5.29. The van der Waals surface area contributed by atoms with Crippen molar-refractivity contribution in [3.8, 4) is 5.75 Å². The third-order valence-electron chi connectivity index (χ3n) is 3.57. The number of halogens is 1. The Morgan fingerprint density at radius 2 is 1.81 bits per heavy atom. The summed E-state index contributed by atoms with van der Waals surface area (Å²) in [6.45, 7) is 0.501. The van der Waals surface area contributed by atoms with Gasteiger partial charge in [0.25, 0.3) is 5.91 Å². The molecule has 0 aliphatic carbocycles. The predicted octanol–water partition coefficient (Wildman–Crippen LogP) is 4.79. The molecule has 0 heterocycles. The Hall–Kier alpha value is -2.92. The summed E-state index contributed by atoms with van der Waals surface area (Å²) in [5.74, 6) is 0.482. The van der Waals surface area contributed by atoms with Crippen molar-refractivity contribution in [2.24, 2.45) is 5.10 Å². The molecule has 5 heteroatoms. The largest absolute Gasteiger partial charge is 0.489 e. The Morgan fingerprint density at radius 1 is 1.00 bits per heavy atom. The van der Waals surface area contributed by atoms with Crippen molar-refractivity contribution in [2.45, 2.75) is 6.61 Å². The van der Waals surface area contributed by atoms with Crippen molar-refractivity contribution in [3.05, 3.63) is 100 Å². The zero-order valence-corrected chi connectivity index (χ0v) is 15.5. The molecule has 26 heavy (non-hydrogen) atoms. The van der Waals surface area contributed by atoms with E-state index in [2.05, 4.69) is 26.5 Å². The van der Waals surface area contributed by atoms with Crippen molar-refractivity contribution in [3.63, 3.8) is 0 Å². The van der Waals surface area contributed by atoms with Crippen LogP contribution in [0.4, 0.5) is 0 Å². The topological polar surface area (TPSA) is 50.7 Å². The molecule has 0 saturated carbocycles. The molecule has 0 atom stereocenters. The van der Waals surface area contributed by atoms with E-state index in [9.17, 15) is 4.79 Å². The van der Waals surface area contributed by atoms with Gasteiger partial charge in [0.2, 0.25) is 0 Å². The maximum Gasteiger partial charge on any atom is 0.271 e. The molecule has 130 valence electrons. The number of hydrogen-bond donors (Lipinski definition) is 1. The van der Waals surface area contributed by atoms with Crippen LogP contribution in [-0.4, -0.2) is 12.1 Å². The molecule has 0 unspecified atom stereocenters. The molecular weight excluding hydrogens is 392 g/mol. The lowest BCUT2D eigenvalue weighted by molar-refractivity contribution is 0.0955. The first-order valence-electron chi connectivity index (χ1n) is 8.06. The summed E-state index contributed by atoms with van der Waals surface area (Å²) in [6, 6.07) is 24.6. The van der Waals surface area contributed by atoms with Crippen molar-refractivity contribution >= 4 is 28.1 Å². The van der Waals surface area contributed by atoms with E-state index in [0.717, 1.165) is 21.3 Å². The highest BCUT2D eigenvalue weighted by molar-refractivity contribution is 9.10. The number of nitrogens with zero attached hydrogens (tertiary/aromatic N) is 1. The first kappa shape index (κ1) is 17.9. The third-order valence-corrected chi connectivity index (χ3v) is 4.07. The molecule has 0 radical (unpaired) electrons. The van der Waals surface area contributed by atoms with Crippen LogP contribution in [0.15, 0.2) is 88.4 Å². The maximum atomic E-state index is 12.0. The standard InChI is InChI=1S/C21H17BrN2O2/c22-19-10-5-9-18(13-19)21(25)24-23-14-17-8-4-11-20(12-17)26-15-16-6-2-1-3-7-16/h1-14H,15H2,(H,24,25)/b23-14-. The predicted molar refractivity (Wildman–Crippen MR) is 106 cm³/mol. The summed E-state index contributed by atoms with van der Waals surface area (Å²) in [6.07, 6.45) is 1.59. The first-order valence-corrected chi connectivity index (χ1v) is 8.86. The zero-order valence-electron chi connectivity index (χ0n) is 13.9. The van der Waals surface area contributed by atoms with Crippen molar-refractivity contribution in [1.82, 2.24) is 5.43 Å². The fraction of sp³-hybridized carbons (Fsp3) is 0.0476. The van der Waals surface area contributed by atoms with E-state index in [1.54, 1.807) is 24.4 Å². The van der Waals surface area contributed by atoms with Gasteiger partial charge in [0, 0.05) is 10.0 Å². The number of ether oxygens (including phenoxy) is 1. The van der Waals surface area contributed by atoms with Crippen molar-refractivity contribution in [1.29, 1.82) is 0 Å². The summed E-state index contributed by atoms with van der Waals surface area (Å²) >= 11 is 3.34. The molecule has 0 saturated heterocycles. The number of carbonyl (C=O) groups is 1. The molecule has 3 aromatic rings. The number of carbonyl (C=O) groups excluding carboxylic acids is 1. The van der Waals surface area contributed by atoms with Crippen LogP contribution in [0.25, 0.3) is 0 Å². The van der Waals surface area contributed by atoms with Crippen molar-refractivity contribution < 1.29 is 9.53 Å². The molecule has 1 N–H and O–H groups in total. The Morgan fingerprint density at radius 3 is 2.62 bits per heavy atom. The minimum absolute atomic E-state index is 0.265. The maximum absolute atomic E-state index is 12.0. The van der Waals surface area contributed by atoms with E-state index < -0.39 is 0 Å². The molecule has 0 bridgehead atoms. The summed E-state index contributed by atoms with van der Waals surface area (Å²) in [5.41, 5.74) is 5.00. The van der Waals surface area contributed by atoms with Crippen LogP contribution in [0, 0.1) is 0 Å². The van der Waals surface area contributed by atoms with E-state index in [1.807, 2.05) is 60.7 Å². The van der Waals surface area contributed by atoms with E-state index in [4.69, 9.17) is 4.74 Å².